The fourth-order valence-corrected chi connectivity index (χ4v) is 4.20. The zero-order valence-electron chi connectivity index (χ0n) is 15.4. The summed E-state index contributed by atoms with van der Waals surface area (Å²) in [6.45, 7) is 1.12. The molecule has 1 aliphatic carbocycles. The molecule has 144 valence electrons. The molecule has 2 aliphatic rings. The van der Waals surface area contributed by atoms with Gasteiger partial charge in [-0.2, -0.15) is 0 Å². The Hall–Kier alpha value is -1.66. The largest absolute Gasteiger partial charge is 0.453 e. The lowest BCUT2D eigenvalue weighted by molar-refractivity contribution is -0.0229. The fourth-order valence-electron chi connectivity index (χ4n) is 4.20. The Balaban J connectivity index is 1.50. The van der Waals surface area contributed by atoms with Crippen LogP contribution in [-0.2, 0) is 9.47 Å². The van der Waals surface area contributed by atoms with Gasteiger partial charge in [-0.3, -0.25) is 0 Å². The molecule has 1 unspecified atom stereocenters. The molecule has 2 atom stereocenters. The van der Waals surface area contributed by atoms with Crippen LogP contribution >= 0.6 is 0 Å². The number of likely N-dealkylation sites (tertiary alicyclic amines) is 1. The minimum Gasteiger partial charge on any atom is -0.453 e. The third kappa shape index (κ3) is 4.54. The highest BCUT2D eigenvalue weighted by Crippen LogP contribution is 2.34. The van der Waals surface area contributed by atoms with E-state index < -0.39 is 0 Å². The number of methoxy groups -OCH3 is 1. The molecule has 0 aromatic heterocycles. The van der Waals surface area contributed by atoms with Crippen LogP contribution in [0.15, 0.2) is 24.3 Å². The normalized spacial score (nSPS) is 29.4. The fraction of sp³-hybridized carbons (Fsp3) is 0.650. The number of ether oxygens (including phenoxy) is 2. The van der Waals surface area contributed by atoms with Crippen LogP contribution in [0.1, 0.15) is 50.0 Å². The Bertz CT molecular complexity index is 604. The molecular weight excluding hydrogens is 335 g/mol. The summed E-state index contributed by atoms with van der Waals surface area (Å²) in [5, 5.41) is 0. The van der Waals surface area contributed by atoms with Crippen molar-refractivity contribution in [1.82, 2.24) is 4.90 Å². The number of piperidine rings is 1. The number of rotatable bonds is 4. The van der Waals surface area contributed by atoms with Crippen molar-refractivity contribution in [1.29, 1.82) is 0 Å². The topological polar surface area (TPSA) is 64.8 Å². The van der Waals surface area contributed by atoms with Crippen LogP contribution in [0.25, 0.3) is 0 Å². The average Bonchev–Trinajstić information content (AvgIpc) is 2.66. The molecule has 1 saturated carbocycles. The molecular formula is C20H29FN2O3. The smallest absolute Gasteiger partial charge is 0.409 e. The van der Waals surface area contributed by atoms with E-state index in [-0.39, 0.29) is 30.1 Å². The molecule has 5 nitrogen and oxygen atoms in total. The van der Waals surface area contributed by atoms with Crippen LogP contribution in [0.2, 0.25) is 0 Å². The number of hydrogen-bond acceptors (Lipinski definition) is 4. The van der Waals surface area contributed by atoms with Gasteiger partial charge in [0.25, 0.3) is 0 Å². The van der Waals surface area contributed by atoms with E-state index in [0.29, 0.717) is 19.1 Å². The van der Waals surface area contributed by atoms with E-state index in [9.17, 15) is 9.18 Å². The molecule has 1 saturated heterocycles. The summed E-state index contributed by atoms with van der Waals surface area (Å²) in [4.78, 5) is 13.7. The number of carbonyl (C=O) groups excluding carboxylic acids is 1. The molecule has 1 aromatic rings. The van der Waals surface area contributed by atoms with Crippen molar-refractivity contribution in [3.8, 4) is 0 Å². The summed E-state index contributed by atoms with van der Waals surface area (Å²) in [6, 6.07) is 6.70. The van der Waals surface area contributed by atoms with Crippen molar-refractivity contribution in [2.24, 2.45) is 5.73 Å². The van der Waals surface area contributed by atoms with Crippen LogP contribution in [0.3, 0.4) is 0 Å². The van der Waals surface area contributed by atoms with Crippen molar-refractivity contribution >= 4 is 6.09 Å². The number of nitrogens with zero attached hydrogens (tertiary/aromatic N) is 1. The second kappa shape index (κ2) is 8.82. The van der Waals surface area contributed by atoms with E-state index in [4.69, 9.17) is 15.2 Å². The van der Waals surface area contributed by atoms with E-state index in [0.717, 1.165) is 44.1 Å². The first-order valence-corrected chi connectivity index (χ1v) is 9.55. The van der Waals surface area contributed by atoms with Crippen LogP contribution in [0.5, 0.6) is 0 Å². The predicted molar refractivity (Wildman–Crippen MR) is 97.5 cm³/mol. The highest BCUT2D eigenvalue weighted by Gasteiger charge is 2.34. The van der Waals surface area contributed by atoms with Gasteiger partial charge in [-0.15, -0.1) is 0 Å². The summed E-state index contributed by atoms with van der Waals surface area (Å²) in [5.74, 6) is 0.226. The highest BCUT2D eigenvalue weighted by atomic mass is 19.1. The monoisotopic (exact) mass is 364 g/mol. The lowest BCUT2D eigenvalue weighted by atomic mass is 9.82. The summed E-state index contributed by atoms with van der Waals surface area (Å²) >= 11 is 0. The molecule has 26 heavy (non-hydrogen) atoms. The molecule has 3 rings (SSSR count). The molecule has 0 radical (unpaired) electrons. The van der Waals surface area contributed by atoms with Gasteiger partial charge in [-0.1, -0.05) is 12.1 Å². The minimum atomic E-state index is -0.330. The number of halogens is 1. The van der Waals surface area contributed by atoms with E-state index in [1.165, 1.54) is 13.2 Å². The van der Waals surface area contributed by atoms with Crippen LogP contribution in [0, 0.1) is 5.82 Å². The number of benzene rings is 1. The van der Waals surface area contributed by atoms with Crippen molar-refractivity contribution in [3.05, 3.63) is 35.6 Å². The zero-order chi connectivity index (χ0) is 18.5. The molecule has 2 fully saturated rings. The first kappa shape index (κ1) is 19.1. The second-order valence-electron chi connectivity index (χ2n) is 7.40. The Labute approximate surface area is 154 Å². The van der Waals surface area contributed by atoms with Crippen molar-refractivity contribution in [2.75, 3.05) is 20.3 Å². The molecule has 1 heterocycles. The van der Waals surface area contributed by atoms with Crippen LogP contribution in [0.4, 0.5) is 9.18 Å². The standard InChI is InChI=1S/C20H29FN2O3/c1-25-20(24)23-11-3-6-18(22)19(23)13-26-17-9-7-14(8-10-17)15-4-2-5-16(21)12-15/h2,4-5,12,14,17-19H,3,6-11,13,22H2,1H3/t14-,17+,18?,19-/m0/s1. The molecule has 6 heteroatoms. The SMILES string of the molecule is COC(=O)N1CCCC(N)[C@@H]1CO[C@H]1CC[C@@H](c2cccc(F)c2)CC1. The van der Waals surface area contributed by atoms with Gasteiger partial charge in [0.05, 0.1) is 25.9 Å². The average molecular weight is 364 g/mol. The first-order chi connectivity index (χ1) is 12.6. The summed E-state index contributed by atoms with van der Waals surface area (Å²) < 4.78 is 24.4. The molecule has 0 spiro atoms. The zero-order valence-corrected chi connectivity index (χ0v) is 15.4. The Kier molecular flexibility index (Phi) is 6.48. The quantitative estimate of drug-likeness (QED) is 0.889. The molecule has 1 aromatic carbocycles. The van der Waals surface area contributed by atoms with Gasteiger partial charge in [0, 0.05) is 12.6 Å². The van der Waals surface area contributed by atoms with Crippen molar-refractivity contribution < 1.29 is 18.7 Å². The number of nitrogens with two attached hydrogens (primary N) is 1. The second-order valence-corrected chi connectivity index (χ2v) is 7.40. The van der Waals surface area contributed by atoms with E-state index in [2.05, 4.69) is 0 Å². The van der Waals surface area contributed by atoms with Gasteiger partial charge in [0.2, 0.25) is 0 Å². The third-order valence-corrected chi connectivity index (χ3v) is 5.74. The maximum Gasteiger partial charge on any atom is 0.409 e. The van der Waals surface area contributed by atoms with Gasteiger partial charge >= 0.3 is 6.09 Å². The maximum absolute atomic E-state index is 13.4. The minimum absolute atomic E-state index is 0.0773. The van der Waals surface area contributed by atoms with Gasteiger partial charge in [-0.05, 0) is 62.1 Å². The molecule has 2 N–H and O–H groups in total. The third-order valence-electron chi connectivity index (χ3n) is 5.74. The predicted octanol–water partition coefficient (Wildman–Crippen LogP) is 3.43. The lowest BCUT2D eigenvalue weighted by Crippen LogP contribution is -2.56. The number of hydrogen-bond donors (Lipinski definition) is 1. The summed E-state index contributed by atoms with van der Waals surface area (Å²) in [6.07, 6.45) is 5.51. The van der Waals surface area contributed by atoms with Crippen LogP contribution in [-0.4, -0.2) is 49.4 Å². The van der Waals surface area contributed by atoms with Gasteiger partial charge in [0.15, 0.2) is 0 Å². The molecule has 0 bridgehead atoms. The Morgan fingerprint density at radius 1 is 1.27 bits per heavy atom. The lowest BCUT2D eigenvalue weighted by Gasteiger charge is -2.39. The van der Waals surface area contributed by atoms with E-state index in [1.54, 1.807) is 17.0 Å². The van der Waals surface area contributed by atoms with E-state index in [1.807, 2.05) is 6.07 Å². The van der Waals surface area contributed by atoms with Gasteiger partial charge in [-0.25, -0.2) is 9.18 Å². The summed E-state index contributed by atoms with van der Waals surface area (Å²) in [5.41, 5.74) is 7.30. The van der Waals surface area contributed by atoms with Crippen molar-refractivity contribution in [3.63, 3.8) is 0 Å². The molecule has 1 aliphatic heterocycles. The Morgan fingerprint density at radius 2 is 2.04 bits per heavy atom. The van der Waals surface area contributed by atoms with Gasteiger partial charge < -0.3 is 20.1 Å². The maximum atomic E-state index is 13.4. The Morgan fingerprint density at radius 3 is 2.73 bits per heavy atom. The number of carbonyl (C=O) groups is 1. The highest BCUT2D eigenvalue weighted by molar-refractivity contribution is 5.68. The van der Waals surface area contributed by atoms with E-state index >= 15 is 0 Å². The van der Waals surface area contributed by atoms with Crippen LogP contribution < -0.4 is 5.73 Å². The first-order valence-electron chi connectivity index (χ1n) is 9.55. The number of amides is 1. The van der Waals surface area contributed by atoms with Crippen molar-refractivity contribution in [2.45, 2.75) is 62.6 Å². The van der Waals surface area contributed by atoms with Gasteiger partial charge in [0.1, 0.15) is 5.82 Å². The summed E-state index contributed by atoms with van der Waals surface area (Å²) in [7, 11) is 1.40. The molecule has 1 amide bonds.